The summed E-state index contributed by atoms with van der Waals surface area (Å²) in [6, 6.07) is 9.67. The second-order valence-corrected chi connectivity index (χ2v) is 4.16. The Morgan fingerprint density at radius 3 is 2.72 bits per heavy atom. The molecule has 1 rings (SSSR count). The van der Waals surface area contributed by atoms with Crippen molar-refractivity contribution in [3.8, 4) is 5.75 Å². The molecule has 1 aromatic rings. The van der Waals surface area contributed by atoms with E-state index in [0.717, 1.165) is 18.6 Å². The SMILES string of the molecule is CCC(CCN)NC(=O)CCOc1ccccc1. The Morgan fingerprint density at radius 1 is 1.39 bits per heavy atom. The summed E-state index contributed by atoms with van der Waals surface area (Å²) in [7, 11) is 0. The third kappa shape index (κ3) is 5.68. The van der Waals surface area contributed by atoms with Gasteiger partial charge in [0.2, 0.25) is 5.91 Å². The average Bonchev–Trinajstić information content (AvgIpc) is 2.39. The van der Waals surface area contributed by atoms with Crippen molar-refractivity contribution in [3.05, 3.63) is 30.3 Å². The molecule has 0 aliphatic carbocycles. The first-order chi connectivity index (χ1) is 8.76. The molecule has 1 aromatic carbocycles. The van der Waals surface area contributed by atoms with Crippen LogP contribution in [-0.2, 0) is 4.79 Å². The molecule has 0 fully saturated rings. The van der Waals surface area contributed by atoms with Crippen LogP contribution in [0.5, 0.6) is 5.75 Å². The van der Waals surface area contributed by atoms with Crippen LogP contribution in [0.2, 0.25) is 0 Å². The van der Waals surface area contributed by atoms with Gasteiger partial charge in [0, 0.05) is 6.04 Å². The van der Waals surface area contributed by atoms with Crippen molar-refractivity contribution < 1.29 is 9.53 Å². The number of rotatable bonds is 8. The van der Waals surface area contributed by atoms with Gasteiger partial charge in [0.05, 0.1) is 13.0 Å². The summed E-state index contributed by atoms with van der Waals surface area (Å²) in [5.41, 5.74) is 5.48. The molecule has 0 heterocycles. The van der Waals surface area contributed by atoms with Crippen molar-refractivity contribution in [2.24, 2.45) is 5.73 Å². The average molecular weight is 250 g/mol. The van der Waals surface area contributed by atoms with E-state index in [9.17, 15) is 4.79 Å². The predicted molar refractivity (Wildman–Crippen MR) is 72.4 cm³/mol. The third-order valence-corrected chi connectivity index (χ3v) is 2.71. The zero-order chi connectivity index (χ0) is 13.2. The van der Waals surface area contributed by atoms with Crippen LogP contribution in [0.3, 0.4) is 0 Å². The first-order valence-electron chi connectivity index (χ1n) is 6.43. The standard InChI is InChI=1S/C14H22N2O2/c1-2-12(8-10-15)16-14(17)9-11-18-13-6-4-3-5-7-13/h3-7,12H,2,8-11,15H2,1H3,(H,16,17). The van der Waals surface area contributed by atoms with Gasteiger partial charge in [-0.25, -0.2) is 0 Å². The zero-order valence-corrected chi connectivity index (χ0v) is 10.9. The molecule has 0 radical (unpaired) electrons. The monoisotopic (exact) mass is 250 g/mol. The van der Waals surface area contributed by atoms with Gasteiger partial charge >= 0.3 is 0 Å². The van der Waals surface area contributed by atoms with E-state index >= 15 is 0 Å². The van der Waals surface area contributed by atoms with Gasteiger partial charge in [-0.05, 0) is 31.5 Å². The van der Waals surface area contributed by atoms with E-state index in [-0.39, 0.29) is 11.9 Å². The Kier molecular flexibility index (Phi) is 6.87. The van der Waals surface area contributed by atoms with E-state index in [1.807, 2.05) is 37.3 Å². The highest BCUT2D eigenvalue weighted by molar-refractivity contribution is 5.76. The van der Waals surface area contributed by atoms with Crippen molar-refractivity contribution in [2.75, 3.05) is 13.2 Å². The van der Waals surface area contributed by atoms with Crippen LogP contribution < -0.4 is 15.8 Å². The number of carbonyl (C=O) groups excluding carboxylic acids is 1. The van der Waals surface area contributed by atoms with Gasteiger partial charge < -0.3 is 15.8 Å². The number of hydrogen-bond donors (Lipinski definition) is 2. The smallest absolute Gasteiger partial charge is 0.223 e. The number of benzene rings is 1. The van der Waals surface area contributed by atoms with Crippen LogP contribution in [0.1, 0.15) is 26.2 Å². The minimum absolute atomic E-state index is 0.0197. The van der Waals surface area contributed by atoms with Crippen LogP contribution >= 0.6 is 0 Å². The molecule has 0 saturated carbocycles. The summed E-state index contributed by atoms with van der Waals surface area (Å²) in [4.78, 5) is 11.6. The number of nitrogens with one attached hydrogen (secondary N) is 1. The molecule has 100 valence electrons. The van der Waals surface area contributed by atoms with Crippen LogP contribution in [-0.4, -0.2) is 25.1 Å². The third-order valence-electron chi connectivity index (χ3n) is 2.71. The van der Waals surface area contributed by atoms with Crippen LogP contribution in [0.15, 0.2) is 30.3 Å². The summed E-state index contributed by atoms with van der Waals surface area (Å²) in [5, 5.41) is 2.95. The van der Waals surface area contributed by atoms with Crippen molar-refractivity contribution in [1.29, 1.82) is 0 Å². The highest BCUT2D eigenvalue weighted by Crippen LogP contribution is 2.08. The first kappa shape index (κ1) is 14.5. The molecule has 0 aromatic heterocycles. The lowest BCUT2D eigenvalue weighted by molar-refractivity contribution is -0.122. The maximum Gasteiger partial charge on any atom is 0.223 e. The molecule has 0 aliphatic heterocycles. The quantitative estimate of drug-likeness (QED) is 0.738. The van der Waals surface area contributed by atoms with Gasteiger partial charge in [0.15, 0.2) is 0 Å². The predicted octanol–water partition coefficient (Wildman–Crippen LogP) is 1.70. The van der Waals surface area contributed by atoms with E-state index in [2.05, 4.69) is 5.32 Å². The fourth-order valence-electron chi connectivity index (χ4n) is 1.66. The summed E-state index contributed by atoms with van der Waals surface area (Å²) in [6.45, 7) is 3.04. The van der Waals surface area contributed by atoms with Crippen LogP contribution in [0, 0.1) is 0 Å². The molecule has 0 bridgehead atoms. The molecule has 3 N–H and O–H groups in total. The summed E-state index contributed by atoms with van der Waals surface area (Å²) in [5.74, 6) is 0.811. The van der Waals surface area contributed by atoms with E-state index in [0.29, 0.717) is 19.6 Å². The Morgan fingerprint density at radius 2 is 2.11 bits per heavy atom. The minimum Gasteiger partial charge on any atom is -0.493 e. The summed E-state index contributed by atoms with van der Waals surface area (Å²) in [6.07, 6.45) is 2.10. The second kappa shape index (κ2) is 8.53. The fourth-order valence-corrected chi connectivity index (χ4v) is 1.66. The molecular weight excluding hydrogens is 228 g/mol. The Balaban J connectivity index is 2.20. The van der Waals surface area contributed by atoms with Gasteiger partial charge in [-0.1, -0.05) is 25.1 Å². The van der Waals surface area contributed by atoms with Crippen molar-refractivity contribution >= 4 is 5.91 Å². The van der Waals surface area contributed by atoms with Crippen LogP contribution in [0.25, 0.3) is 0 Å². The van der Waals surface area contributed by atoms with Gasteiger partial charge in [-0.15, -0.1) is 0 Å². The Labute approximate surface area is 109 Å². The van der Waals surface area contributed by atoms with Gasteiger partial charge in [0.1, 0.15) is 5.75 Å². The number of hydrogen-bond acceptors (Lipinski definition) is 3. The zero-order valence-electron chi connectivity index (χ0n) is 10.9. The van der Waals surface area contributed by atoms with E-state index in [1.165, 1.54) is 0 Å². The summed E-state index contributed by atoms with van der Waals surface area (Å²) >= 11 is 0. The lowest BCUT2D eigenvalue weighted by Gasteiger charge is -2.16. The van der Waals surface area contributed by atoms with E-state index < -0.39 is 0 Å². The van der Waals surface area contributed by atoms with Gasteiger partial charge in [-0.3, -0.25) is 4.79 Å². The van der Waals surface area contributed by atoms with Gasteiger partial charge in [-0.2, -0.15) is 0 Å². The largest absolute Gasteiger partial charge is 0.493 e. The van der Waals surface area contributed by atoms with Gasteiger partial charge in [0.25, 0.3) is 0 Å². The fraction of sp³-hybridized carbons (Fsp3) is 0.500. The molecule has 1 atom stereocenters. The maximum atomic E-state index is 11.6. The first-order valence-corrected chi connectivity index (χ1v) is 6.43. The topological polar surface area (TPSA) is 64.3 Å². The molecule has 0 spiro atoms. The Hall–Kier alpha value is -1.55. The molecule has 0 saturated heterocycles. The van der Waals surface area contributed by atoms with E-state index in [1.54, 1.807) is 0 Å². The highest BCUT2D eigenvalue weighted by atomic mass is 16.5. The van der Waals surface area contributed by atoms with Crippen molar-refractivity contribution in [2.45, 2.75) is 32.2 Å². The number of carbonyl (C=O) groups is 1. The maximum absolute atomic E-state index is 11.6. The lowest BCUT2D eigenvalue weighted by Crippen LogP contribution is -2.36. The minimum atomic E-state index is 0.0197. The number of para-hydroxylation sites is 1. The van der Waals surface area contributed by atoms with Crippen molar-refractivity contribution in [3.63, 3.8) is 0 Å². The second-order valence-electron chi connectivity index (χ2n) is 4.16. The molecule has 4 nitrogen and oxygen atoms in total. The molecule has 1 amide bonds. The van der Waals surface area contributed by atoms with Crippen molar-refractivity contribution in [1.82, 2.24) is 5.32 Å². The van der Waals surface area contributed by atoms with E-state index in [4.69, 9.17) is 10.5 Å². The molecule has 4 heteroatoms. The summed E-state index contributed by atoms with van der Waals surface area (Å²) < 4.78 is 5.47. The van der Waals surface area contributed by atoms with Crippen LogP contribution in [0.4, 0.5) is 0 Å². The Bertz CT molecular complexity index is 341. The normalized spacial score (nSPS) is 11.9. The molecule has 0 aliphatic rings. The highest BCUT2D eigenvalue weighted by Gasteiger charge is 2.09. The number of nitrogens with two attached hydrogens (primary N) is 1. The molecule has 18 heavy (non-hydrogen) atoms. The number of amides is 1. The molecule has 1 unspecified atom stereocenters. The number of ether oxygens (including phenoxy) is 1. The lowest BCUT2D eigenvalue weighted by atomic mass is 10.1. The molecular formula is C14H22N2O2.